The van der Waals surface area contributed by atoms with Gasteiger partial charge in [0, 0.05) is 10.6 Å². The lowest BCUT2D eigenvalue weighted by atomic mass is 10.2. The first-order chi connectivity index (χ1) is 13.7. The molecule has 0 saturated heterocycles. The second kappa shape index (κ2) is 9.62. The number of ether oxygens (including phenoxy) is 2. The molecule has 0 radical (unpaired) electrons. The molecule has 5 nitrogen and oxygen atoms in total. The topological polar surface area (TPSA) is 64.6 Å². The second-order valence-electron chi connectivity index (χ2n) is 5.80. The predicted molar refractivity (Wildman–Crippen MR) is 110 cm³/mol. The molecule has 0 aliphatic carbocycles. The maximum Gasteiger partial charge on any atom is 0.417 e. The van der Waals surface area contributed by atoms with E-state index in [0.29, 0.717) is 5.69 Å². The van der Waals surface area contributed by atoms with E-state index < -0.39 is 12.1 Å². The van der Waals surface area contributed by atoms with Gasteiger partial charge in [0.1, 0.15) is 17.9 Å². The first-order valence-corrected chi connectivity index (χ1v) is 9.81. The van der Waals surface area contributed by atoms with Crippen molar-refractivity contribution in [2.24, 2.45) is 0 Å². The highest BCUT2D eigenvalue weighted by molar-refractivity contribution is 7.98. The lowest BCUT2D eigenvalue weighted by molar-refractivity contribution is 0.0470. The summed E-state index contributed by atoms with van der Waals surface area (Å²) in [5.74, 6) is -0.421. The molecule has 0 bridgehead atoms. The standard InChI is InChI=1S/C22H19NO4S/c1-28-18-13-11-17(12-14-18)23-22(25)27-20-10-6-5-9-19(20)21(24)26-15-16-7-3-2-4-8-16/h2-14H,15H2,1H3,(H,23,25). The van der Waals surface area contributed by atoms with E-state index in [9.17, 15) is 9.59 Å². The van der Waals surface area contributed by atoms with E-state index in [-0.39, 0.29) is 17.9 Å². The van der Waals surface area contributed by atoms with Crippen LogP contribution in [0.25, 0.3) is 0 Å². The van der Waals surface area contributed by atoms with E-state index in [1.54, 1.807) is 48.2 Å². The molecule has 0 saturated carbocycles. The zero-order chi connectivity index (χ0) is 19.8. The minimum atomic E-state index is -0.680. The maximum atomic E-state index is 12.4. The molecule has 3 aromatic rings. The van der Waals surface area contributed by atoms with Crippen molar-refractivity contribution in [1.82, 2.24) is 0 Å². The van der Waals surface area contributed by atoms with Crippen LogP contribution < -0.4 is 10.1 Å². The number of rotatable bonds is 6. The average molecular weight is 393 g/mol. The van der Waals surface area contributed by atoms with Gasteiger partial charge in [0.05, 0.1) is 0 Å². The third kappa shape index (κ3) is 5.37. The molecule has 28 heavy (non-hydrogen) atoms. The molecule has 0 spiro atoms. The van der Waals surface area contributed by atoms with Crippen molar-refractivity contribution >= 4 is 29.5 Å². The first-order valence-electron chi connectivity index (χ1n) is 8.58. The van der Waals surface area contributed by atoms with Crippen LogP contribution >= 0.6 is 11.8 Å². The van der Waals surface area contributed by atoms with Crippen LogP contribution in [0.1, 0.15) is 15.9 Å². The summed E-state index contributed by atoms with van der Waals surface area (Å²) >= 11 is 1.61. The molecule has 0 aromatic heterocycles. The van der Waals surface area contributed by atoms with Crippen molar-refractivity contribution in [2.45, 2.75) is 11.5 Å². The highest BCUT2D eigenvalue weighted by atomic mass is 32.2. The fourth-order valence-corrected chi connectivity index (χ4v) is 2.85. The van der Waals surface area contributed by atoms with Crippen LogP contribution in [0.3, 0.4) is 0 Å². The number of anilines is 1. The van der Waals surface area contributed by atoms with E-state index in [2.05, 4.69) is 5.32 Å². The van der Waals surface area contributed by atoms with Gasteiger partial charge in [-0.25, -0.2) is 9.59 Å². The molecule has 6 heteroatoms. The molecular formula is C22H19NO4S. The highest BCUT2D eigenvalue weighted by Crippen LogP contribution is 2.21. The highest BCUT2D eigenvalue weighted by Gasteiger charge is 2.16. The number of hydrogen-bond donors (Lipinski definition) is 1. The monoisotopic (exact) mass is 393 g/mol. The number of amides is 1. The molecule has 0 atom stereocenters. The Hall–Kier alpha value is -3.25. The molecule has 0 unspecified atom stereocenters. The van der Waals surface area contributed by atoms with E-state index in [4.69, 9.17) is 9.47 Å². The van der Waals surface area contributed by atoms with Gasteiger partial charge in [0.2, 0.25) is 0 Å². The Balaban J connectivity index is 1.63. The third-order valence-electron chi connectivity index (χ3n) is 3.86. The molecule has 0 fully saturated rings. The van der Waals surface area contributed by atoms with Crippen LogP contribution in [0, 0.1) is 0 Å². The lowest BCUT2D eigenvalue weighted by Crippen LogP contribution is -2.18. The Bertz CT molecular complexity index is 942. The number of hydrogen-bond acceptors (Lipinski definition) is 5. The largest absolute Gasteiger partial charge is 0.457 e. The molecule has 142 valence electrons. The second-order valence-corrected chi connectivity index (χ2v) is 6.68. The van der Waals surface area contributed by atoms with Gasteiger partial charge in [-0.15, -0.1) is 11.8 Å². The Morgan fingerprint density at radius 1 is 0.893 bits per heavy atom. The number of esters is 1. The number of carbonyl (C=O) groups excluding carboxylic acids is 2. The Kier molecular flexibility index (Phi) is 6.70. The summed E-state index contributed by atoms with van der Waals surface area (Å²) in [5.41, 5.74) is 1.67. The maximum absolute atomic E-state index is 12.4. The third-order valence-corrected chi connectivity index (χ3v) is 4.60. The molecule has 3 rings (SSSR count). The van der Waals surface area contributed by atoms with Gasteiger partial charge in [-0.3, -0.25) is 5.32 Å². The fourth-order valence-electron chi connectivity index (χ4n) is 2.44. The minimum absolute atomic E-state index is 0.138. The normalized spacial score (nSPS) is 10.2. The summed E-state index contributed by atoms with van der Waals surface area (Å²) in [7, 11) is 0. The van der Waals surface area contributed by atoms with Crippen LogP contribution in [-0.4, -0.2) is 18.3 Å². The van der Waals surface area contributed by atoms with Crippen molar-refractivity contribution in [3.05, 3.63) is 90.0 Å². The summed E-state index contributed by atoms with van der Waals surface area (Å²) in [6.07, 6.45) is 1.30. The summed E-state index contributed by atoms with van der Waals surface area (Å²) < 4.78 is 10.7. The van der Waals surface area contributed by atoms with Crippen LogP contribution in [0.5, 0.6) is 5.75 Å². The summed E-state index contributed by atoms with van der Waals surface area (Å²) in [4.78, 5) is 25.7. The van der Waals surface area contributed by atoms with Gasteiger partial charge in [0.25, 0.3) is 0 Å². The number of thioether (sulfide) groups is 1. The van der Waals surface area contributed by atoms with Gasteiger partial charge in [-0.2, -0.15) is 0 Å². The lowest BCUT2D eigenvalue weighted by Gasteiger charge is -2.11. The average Bonchev–Trinajstić information content (AvgIpc) is 2.73. The first kappa shape index (κ1) is 19.5. The number of nitrogens with one attached hydrogen (secondary N) is 1. The van der Waals surface area contributed by atoms with Gasteiger partial charge < -0.3 is 9.47 Å². The van der Waals surface area contributed by atoms with Gasteiger partial charge in [-0.05, 0) is 48.2 Å². The Morgan fingerprint density at radius 3 is 2.29 bits per heavy atom. The Labute approximate surface area is 167 Å². The summed E-state index contributed by atoms with van der Waals surface area (Å²) in [5, 5.41) is 2.64. The van der Waals surface area contributed by atoms with Gasteiger partial charge >= 0.3 is 12.1 Å². The molecule has 0 aliphatic rings. The zero-order valence-electron chi connectivity index (χ0n) is 15.3. The predicted octanol–water partition coefficient (Wildman–Crippen LogP) is 5.38. The molecule has 0 aliphatic heterocycles. The van der Waals surface area contributed by atoms with E-state index in [1.165, 1.54) is 0 Å². The fraction of sp³-hybridized carbons (Fsp3) is 0.0909. The number of benzene rings is 3. The Morgan fingerprint density at radius 2 is 1.57 bits per heavy atom. The molecule has 1 N–H and O–H groups in total. The van der Waals surface area contributed by atoms with Crippen LogP contribution in [0.4, 0.5) is 10.5 Å². The summed E-state index contributed by atoms with van der Waals surface area (Å²) in [6, 6.07) is 23.2. The molecule has 1 amide bonds. The van der Waals surface area contributed by atoms with Crippen molar-refractivity contribution in [2.75, 3.05) is 11.6 Å². The molecule has 3 aromatic carbocycles. The van der Waals surface area contributed by atoms with Gasteiger partial charge in [0.15, 0.2) is 0 Å². The van der Waals surface area contributed by atoms with Crippen molar-refractivity contribution in [1.29, 1.82) is 0 Å². The van der Waals surface area contributed by atoms with Gasteiger partial charge in [-0.1, -0.05) is 42.5 Å². The van der Waals surface area contributed by atoms with Crippen LogP contribution in [0.15, 0.2) is 83.8 Å². The molecule has 0 heterocycles. The van der Waals surface area contributed by atoms with Crippen LogP contribution in [0.2, 0.25) is 0 Å². The van der Waals surface area contributed by atoms with Crippen LogP contribution in [-0.2, 0) is 11.3 Å². The number of para-hydroxylation sites is 1. The van der Waals surface area contributed by atoms with Crippen molar-refractivity contribution < 1.29 is 19.1 Å². The van der Waals surface area contributed by atoms with E-state index in [0.717, 1.165) is 10.5 Å². The SMILES string of the molecule is CSc1ccc(NC(=O)Oc2ccccc2C(=O)OCc2ccccc2)cc1. The zero-order valence-corrected chi connectivity index (χ0v) is 16.1. The van der Waals surface area contributed by atoms with Crippen molar-refractivity contribution in [3.8, 4) is 5.75 Å². The number of carbonyl (C=O) groups is 2. The summed E-state index contributed by atoms with van der Waals surface area (Å²) in [6.45, 7) is 0.141. The molecular weight excluding hydrogens is 374 g/mol. The van der Waals surface area contributed by atoms with E-state index >= 15 is 0 Å². The quantitative estimate of drug-likeness (QED) is 0.450. The van der Waals surface area contributed by atoms with E-state index in [1.807, 2.05) is 48.7 Å². The van der Waals surface area contributed by atoms with Crippen molar-refractivity contribution in [3.63, 3.8) is 0 Å². The smallest absolute Gasteiger partial charge is 0.417 e. The minimum Gasteiger partial charge on any atom is -0.457 e.